The lowest BCUT2D eigenvalue weighted by atomic mass is 10.0. The molecule has 1 aromatic heterocycles. The summed E-state index contributed by atoms with van der Waals surface area (Å²) in [6, 6.07) is 7.94. The van der Waals surface area contributed by atoms with Crippen LogP contribution in [0.2, 0.25) is 0 Å². The predicted molar refractivity (Wildman–Crippen MR) is 127 cm³/mol. The van der Waals surface area contributed by atoms with Gasteiger partial charge < -0.3 is 10.2 Å². The first-order valence-electron chi connectivity index (χ1n) is 11.9. The topological polar surface area (TPSA) is 103 Å². The lowest BCUT2D eigenvalue weighted by Gasteiger charge is -2.30. The number of carbonyl (C=O) groups is 2. The largest absolute Gasteiger partial charge is 0.335 e. The molecule has 1 N–H and O–H groups in total. The summed E-state index contributed by atoms with van der Waals surface area (Å²) < 4.78 is 16.7. The molecule has 2 amide bonds. The van der Waals surface area contributed by atoms with Crippen LogP contribution in [-0.2, 0) is 9.59 Å². The van der Waals surface area contributed by atoms with E-state index in [1.807, 2.05) is 11.8 Å². The van der Waals surface area contributed by atoms with Gasteiger partial charge >= 0.3 is 0 Å². The number of hydrogen-bond donors (Lipinski definition) is 1. The molecule has 2 unspecified atom stereocenters. The number of likely N-dealkylation sites (tertiary alicyclic amines) is 1. The van der Waals surface area contributed by atoms with E-state index in [4.69, 9.17) is 5.26 Å². The Labute approximate surface area is 198 Å². The molecule has 9 heteroatoms. The van der Waals surface area contributed by atoms with Crippen LogP contribution in [0.3, 0.4) is 0 Å². The molecule has 4 rings (SSSR count). The van der Waals surface area contributed by atoms with Crippen molar-refractivity contribution in [2.75, 3.05) is 11.9 Å². The fourth-order valence-corrected chi connectivity index (χ4v) is 4.63. The van der Waals surface area contributed by atoms with E-state index in [1.165, 1.54) is 6.07 Å². The average Bonchev–Trinajstić information content (AvgIpc) is 3.12. The smallest absolute Gasteiger partial charge is 0.268 e. The van der Waals surface area contributed by atoms with Crippen LogP contribution < -0.4 is 5.32 Å². The van der Waals surface area contributed by atoms with Gasteiger partial charge in [0.25, 0.3) is 5.91 Å². The van der Waals surface area contributed by atoms with Gasteiger partial charge in [0.05, 0.1) is 17.8 Å². The van der Waals surface area contributed by atoms with Crippen molar-refractivity contribution >= 4 is 29.0 Å². The van der Waals surface area contributed by atoms with Crippen LogP contribution >= 0.6 is 0 Å². The summed E-state index contributed by atoms with van der Waals surface area (Å²) in [4.78, 5) is 31.5. The summed E-state index contributed by atoms with van der Waals surface area (Å²) in [7, 11) is 0. The maximum atomic E-state index is 14.9. The number of rotatable bonds is 5. The molecule has 8 nitrogen and oxygen atoms in total. The Morgan fingerprint density at radius 1 is 1.26 bits per heavy atom. The zero-order chi connectivity index (χ0) is 24.2. The van der Waals surface area contributed by atoms with E-state index in [0.29, 0.717) is 23.6 Å². The van der Waals surface area contributed by atoms with Gasteiger partial charge in [-0.3, -0.25) is 9.59 Å². The Morgan fingerprint density at radius 2 is 2.09 bits per heavy atom. The van der Waals surface area contributed by atoms with Gasteiger partial charge in [-0.1, -0.05) is 19.8 Å². The molecule has 2 aliphatic rings. The van der Waals surface area contributed by atoms with Crippen LogP contribution in [0.15, 0.2) is 29.3 Å². The highest BCUT2D eigenvalue weighted by Crippen LogP contribution is 2.35. The first-order chi connectivity index (χ1) is 16.4. The van der Waals surface area contributed by atoms with Crippen molar-refractivity contribution in [3.8, 4) is 17.3 Å². The number of halogens is 1. The van der Waals surface area contributed by atoms with Crippen molar-refractivity contribution in [2.24, 2.45) is 4.99 Å². The second-order valence-electron chi connectivity index (χ2n) is 8.93. The van der Waals surface area contributed by atoms with Crippen LogP contribution in [0.25, 0.3) is 11.3 Å². The van der Waals surface area contributed by atoms with Gasteiger partial charge in [-0.25, -0.2) is 14.1 Å². The van der Waals surface area contributed by atoms with Crippen molar-refractivity contribution in [1.29, 1.82) is 5.26 Å². The van der Waals surface area contributed by atoms with Crippen molar-refractivity contribution in [1.82, 2.24) is 14.7 Å². The van der Waals surface area contributed by atoms with E-state index in [1.54, 1.807) is 29.0 Å². The van der Waals surface area contributed by atoms with Gasteiger partial charge in [0.2, 0.25) is 5.91 Å². The maximum absolute atomic E-state index is 14.9. The monoisotopic (exact) mass is 464 g/mol. The highest BCUT2D eigenvalue weighted by atomic mass is 19.1. The number of nitrogens with zero attached hydrogens (tertiary/aromatic N) is 5. The Hall–Kier alpha value is -3.54. The second kappa shape index (κ2) is 10.2. The molecule has 178 valence electrons. The van der Waals surface area contributed by atoms with Crippen molar-refractivity contribution < 1.29 is 14.0 Å². The van der Waals surface area contributed by atoms with Crippen molar-refractivity contribution in [3.05, 3.63) is 30.1 Å². The molecule has 0 radical (unpaired) electrons. The van der Waals surface area contributed by atoms with Gasteiger partial charge in [0, 0.05) is 36.3 Å². The van der Waals surface area contributed by atoms with E-state index in [9.17, 15) is 14.0 Å². The van der Waals surface area contributed by atoms with Crippen LogP contribution in [0, 0.1) is 17.1 Å². The van der Waals surface area contributed by atoms with Crippen LogP contribution in [0.1, 0.15) is 64.8 Å². The number of nitrogens with one attached hydrogen (secondary N) is 1. The standard InChI is InChI=1S/C25H29FN6O2/c1-3-18-14-22(25(34)31-12-6-4-5-7-16(31)2)29-23-15-21(30-32(18)23)19-9-8-17(13-20(19)26)28-24(33)10-11-27/h8-9,13,15-16,18H,3-7,10,12,14H2,1-2H3,(H,28,33). The number of aromatic nitrogens is 2. The van der Waals surface area contributed by atoms with Crippen LogP contribution in [-0.4, -0.2) is 44.8 Å². The van der Waals surface area contributed by atoms with Gasteiger partial charge in [-0.2, -0.15) is 10.4 Å². The molecule has 2 aromatic rings. The number of fused-ring (bicyclic) bond motifs is 1. The molecule has 0 bridgehead atoms. The van der Waals surface area contributed by atoms with E-state index in [0.717, 1.165) is 38.6 Å². The number of nitriles is 1. The van der Waals surface area contributed by atoms with E-state index >= 15 is 0 Å². The molecule has 0 spiro atoms. The summed E-state index contributed by atoms with van der Waals surface area (Å²) in [6.07, 6.45) is 5.25. The first-order valence-corrected chi connectivity index (χ1v) is 11.9. The van der Waals surface area contributed by atoms with Crippen LogP contribution in [0.4, 0.5) is 15.9 Å². The molecule has 3 heterocycles. The normalized spacial score (nSPS) is 20.1. The summed E-state index contributed by atoms with van der Waals surface area (Å²) in [5.74, 6) is -0.504. The van der Waals surface area contributed by atoms with E-state index in [-0.39, 0.29) is 35.7 Å². The fourth-order valence-electron chi connectivity index (χ4n) is 4.63. The number of amides is 2. The third-order valence-electron chi connectivity index (χ3n) is 6.54. The second-order valence-corrected chi connectivity index (χ2v) is 8.93. The van der Waals surface area contributed by atoms with Gasteiger partial charge in [0.1, 0.15) is 17.9 Å². The van der Waals surface area contributed by atoms with Crippen molar-refractivity contribution in [3.63, 3.8) is 0 Å². The summed E-state index contributed by atoms with van der Waals surface area (Å²) in [6.45, 7) is 4.89. The number of anilines is 1. The third-order valence-corrected chi connectivity index (χ3v) is 6.54. The Morgan fingerprint density at radius 3 is 2.82 bits per heavy atom. The number of hydrogen-bond acceptors (Lipinski definition) is 5. The third kappa shape index (κ3) is 4.86. The number of aliphatic imine (C=N–C) groups is 1. The minimum Gasteiger partial charge on any atom is -0.335 e. The summed E-state index contributed by atoms with van der Waals surface area (Å²) >= 11 is 0. The predicted octanol–water partition coefficient (Wildman–Crippen LogP) is 4.76. The van der Waals surface area contributed by atoms with Crippen molar-refractivity contribution in [2.45, 2.75) is 70.9 Å². The minimum atomic E-state index is -0.545. The molecule has 2 atom stereocenters. The number of carbonyl (C=O) groups excluding carboxylic acids is 2. The lowest BCUT2D eigenvalue weighted by Crippen LogP contribution is -2.43. The zero-order valence-corrected chi connectivity index (χ0v) is 19.6. The SMILES string of the molecule is CCC1CC(C(=O)N2CCCCCC2C)=Nc2cc(-c3ccc(NC(=O)CC#N)cc3F)nn21. The van der Waals surface area contributed by atoms with E-state index < -0.39 is 11.7 Å². The Bertz CT molecular complexity index is 1160. The van der Waals surface area contributed by atoms with Gasteiger partial charge in [-0.15, -0.1) is 0 Å². The van der Waals surface area contributed by atoms with Gasteiger partial charge in [0.15, 0.2) is 5.82 Å². The molecule has 1 aromatic carbocycles. The molecule has 1 saturated heterocycles. The molecular formula is C25H29FN6O2. The summed E-state index contributed by atoms with van der Waals surface area (Å²) in [5.41, 5.74) is 1.51. The lowest BCUT2D eigenvalue weighted by molar-refractivity contribution is -0.126. The Balaban J connectivity index is 1.61. The fraction of sp³-hybridized carbons (Fsp3) is 0.480. The molecule has 2 aliphatic heterocycles. The van der Waals surface area contributed by atoms with Crippen LogP contribution in [0.5, 0.6) is 0 Å². The quantitative estimate of drug-likeness (QED) is 0.689. The summed E-state index contributed by atoms with van der Waals surface area (Å²) in [5, 5.41) is 15.7. The highest BCUT2D eigenvalue weighted by Gasteiger charge is 2.31. The molecular weight excluding hydrogens is 435 g/mol. The zero-order valence-electron chi connectivity index (χ0n) is 19.6. The average molecular weight is 465 g/mol. The van der Waals surface area contributed by atoms with E-state index in [2.05, 4.69) is 22.3 Å². The number of benzene rings is 1. The Kier molecular flexibility index (Phi) is 7.06. The molecule has 1 fully saturated rings. The maximum Gasteiger partial charge on any atom is 0.268 e. The molecule has 34 heavy (non-hydrogen) atoms. The molecule has 0 saturated carbocycles. The first kappa shape index (κ1) is 23.6. The minimum absolute atomic E-state index is 0.00880. The highest BCUT2D eigenvalue weighted by molar-refractivity contribution is 6.39. The molecule has 0 aliphatic carbocycles. The van der Waals surface area contributed by atoms with Gasteiger partial charge in [-0.05, 0) is 44.4 Å².